The van der Waals surface area contributed by atoms with E-state index in [0.29, 0.717) is 23.0 Å². The summed E-state index contributed by atoms with van der Waals surface area (Å²) in [6.07, 6.45) is 1.43. The lowest BCUT2D eigenvalue weighted by Gasteiger charge is -2.13. The van der Waals surface area contributed by atoms with Crippen molar-refractivity contribution in [2.45, 2.75) is 0 Å². The van der Waals surface area contributed by atoms with Crippen LogP contribution in [0.3, 0.4) is 0 Å². The predicted octanol–water partition coefficient (Wildman–Crippen LogP) is 3.49. The van der Waals surface area contributed by atoms with Crippen LogP contribution < -0.4 is 14.8 Å². The minimum absolute atomic E-state index is 0.0411. The number of rotatable bonds is 8. The SMILES string of the molecule is COc1cc(/C=C2\SC(=O)N(CC(=O)Nc3ccccc3)C2=O)cc(Cl)c1OCC(=O)O. The number of anilines is 1. The monoisotopic (exact) mass is 476 g/mol. The van der Waals surface area contributed by atoms with Gasteiger partial charge in [-0.3, -0.25) is 19.3 Å². The van der Waals surface area contributed by atoms with Gasteiger partial charge in [-0.15, -0.1) is 0 Å². The normalized spacial score (nSPS) is 14.6. The van der Waals surface area contributed by atoms with E-state index in [1.54, 1.807) is 30.3 Å². The Morgan fingerprint density at radius 2 is 1.94 bits per heavy atom. The summed E-state index contributed by atoms with van der Waals surface area (Å²) in [5.74, 6) is -2.11. The fraction of sp³-hybridized carbons (Fsp3) is 0.143. The molecule has 11 heteroatoms. The minimum atomic E-state index is -1.18. The van der Waals surface area contributed by atoms with Crippen LogP contribution in [0.4, 0.5) is 10.5 Å². The fourth-order valence-corrected chi connectivity index (χ4v) is 3.86. The number of hydrogen-bond acceptors (Lipinski definition) is 7. The molecule has 0 bridgehead atoms. The van der Waals surface area contributed by atoms with Gasteiger partial charge in [0.15, 0.2) is 18.1 Å². The maximum atomic E-state index is 12.7. The Hall–Kier alpha value is -3.50. The first-order valence-electron chi connectivity index (χ1n) is 9.11. The van der Waals surface area contributed by atoms with E-state index in [2.05, 4.69) is 5.32 Å². The Labute approximate surface area is 191 Å². The molecule has 1 aliphatic rings. The second-order valence-corrected chi connectivity index (χ2v) is 7.80. The first-order chi connectivity index (χ1) is 15.3. The molecule has 0 spiro atoms. The number of carboxylic acid groups (broad SMARTS) is 1. The maximum absolute atomic E-state index is 12.7. The van der Waals surface area contributed by atoms with Crippen molar-refractivity contribution in [3.8, 4) is 11.5 Å². The van der Waals surface area contributed by atoms with E-state index >= 15 is 0 Å². The van der Waals surface area contributed by atoms with Crippen LogP contribution in [0.2, 0.25) is 5.02 Å². The average Bonchev–Trinajstić information content (AvgIpc) is 3.00. The molecule has 3 amide bonds. The molecule has 1 fully saturated rings. The molecule has 0 aliphatic carbocycles. The van der Waals surface area contributed by atoms with Gasteiger partial charge in [-0.1, -0.05) is 29.8 Å². The molecule has 1 saturated heterocycles. The molecular weight excluding hydrogens is 460 g/mol. The second kappa shape index (κ2) is 10.2. The van der Waals surface area contributed by atoms with E-state index in [4.69, 9.17) is 26.2 Å². The Morgan fingerprint density at radius 1 is 1.22 bits per heavy atom. The van der Waals surface area contributed by atoms with Gasteiger partial charge in [0.05, 0.1) is 17.0 Å². The van der Waals surface area contributed by atoms with Gasteiger partial charge >= 0.3 is 5.97 Å². The largest absolute Gasteiger partial charge is 0.493 e. The highest BCUT2D eigenvalue weighted by molar-refractivity contribution is 8.18. The molecule has 0 saturated carbocycles. The van der Waals surface area contributed by atoms with E-state index in [9.17, 15) is 19.2 Å². The molecule has 166 valence electrons. The highest BCUT2D eigenvalue weighted by Crippen LogP contribution is 2.39. The first kappa shape index (κ1) is 23.2. The number of ether oxygens (including phenoxy) is 2. The van der Waals surface area contributed by atoms with Crippen molar-refractivity contribution in [3.63, 3.8) is 0 Å². The number of hydrogen-bond donors (Lipinski definition) is 2. The fourth-order valence-electron chi connectivity index (χ4n) is 2.75. The van der Waals surface area contributed by atoms with Gasteiger partial charge in [-0.05, 0) is 47.7 Å². The lowest BCUT2D eigenvalue weighted by atomic mass is 10.1. The van der Waals surface area contributed by atoms with E-state index in [1.165, 1.54) is 25.3 Å². The molecule has 32 heavy (non-hydrogen) atoms. The van der Waals surface area contributed by atoms with Crippen molar-refractivity contribution < 1.29 is 33.8 Å². The Balaban J connectivity index is 1.75. The van der Waals surface area contributed by atoms with Crippen molar-refractivity contribution in [1.29, 1.82) is 0 Å². The van der Waals surface area contributed by atoms with Crippen LogP contribution in [0.5, 0.6) is 11.5 Å². The lowest BCUT2D eigenvalue weighted by Crippen LogP contribution is -2.36. The average molecular weight is 477 g/mol. The highest BCUT2D eigenvalue weighted by Gasteiger charge is 2.36. The van der Waals surface area contributed by atoms with Crippen molar-refractivity contribution in [1.82, 2.24) is 4.90 Å². The number of carboxylic acids is 1. The maximum Gasteiger partial charge on any atom is 0.341 e. The minimum Gasteiger partial charge on any atom is -0.493 e. The van der Waals surface area contributed by atoms with Gasteiger partial charge in [0, 0.05) is 5.69 Å². The predicted molar refractivity (Wildman–Crippen MR) is 119 cm³/mol. The van der Waals surface area contributed by atoms with Gasteiger partial charge in [0.25, 0.3) is 11.1 Å². The molecule has 0 atom stereocenters. The van der Waals surface area contributed by atoms with Crippen molar-refractivity contribution >= 4 is 58.1 Å². The molecule has 2 N–H and O–H groups in total. The van der Waals surface area contributed by atoms with Gasteiger partial charge < -0.3 is 19.9 Å². The highest BCUT2D eigenvalue weighted by atomic mass is 35.5. The number of thioether (sulfide) groups is 1. The number of halogens is 1. The van der Waals surface area contributed by atoms with Gasteiger partial charge in [-0.25, -0.2) is 4.79 Å². The van der Waals surface area contributed by atoms with Crippen LogP contribution in [0, 0.1) is 0 Å². The quantitative estimate of drug-likeness (QED) is 0.555. The number of para-hydroxylation sites is 1. The van der Waals surface area contributed by atoms with Crippen LogP contribution >= 0.6 is 23.4 Å². The van der Waals surface area contributed by atoms with E-state index < -0.39 is 36.2 Å². The number of methoxy groups -OCH3 is 1. The van der Waals surface area contributed by atoms with E-state index in [-0.39, 0.29) is 21.4 Å². The topological polar surface area (TPSA) is 122 Å². The van der Waals surface area contributed by atoms with Gasteiger partial charge in [0.1, 0.15) is 6.54 Å². The zero-order valence-corrected chi connectivity index (χ0v) is 18.2. The molecule has 1 aliphatic heterocycles. The molecule has 1 heterocycles. The number of carbonyl (C=O) groups is 4. The van der Waals surface area contributed by atoms with Crippen LogP contribution in [-0.2, 0) is 14.4 Å². The third-order valence-electron chi connectivity index (χ3n) is 4.12. The van der Waals surface area contributed by atoms with Crippen LogP contribution in [0.1, 0.15) is 5.56 Å². The molecule has 0 aromatic heterocycles. The summed E-state index contributed by atoms with van der Waals surface area (Å²) in [5.41, 5.74) is 0.973. The third-order valence-corrected chi connectivity index (χ3v) is 5.31. The van der Waals surface area contributed by atoms with Crippen molar-refractivity contribution in [3.05, 3.63) is 58.0 Å². The van der Waals surface area contributed by atoms with E-state index in [0.717, 1.165) is 4.90 Å². The third kappa shape index (κ3) is 5.59. The Kier molecular flexibility index (Phi) is 7.39. The molecular formula is C21H17ClN2O7S. The van der Waals surface area contributed by atoms with Crippen molar-refractivity contribution in [2.75, 3.05) is 25.6 Å². The second-order valence-electron chi connectivity index (χ2n) is 6.40. The first-order valence-corrected chi connectivity index (χ1v) is 10.3. The zero-order valence-electron chi connectivity index (χ0n) is 16.7. The molecule has 0 radical (unpaired) electrons. The molecule has 2 aromatic carbocycles. The van der Waals surface area contributed by atoms with Crippen LogP contribution in [0.15, 0.2) is 47.4 Å². The number of nitrogens with one attached hydrogen (secondary N) is 1. The van der Waals surface area contributed by atoms with E-state index in [1.807, 2.05) is 0 Å². The molecule has 3 rings (SSSR count). The summed E-state index contributed by atoms with van der Waals surface area (Å²) in [6, 6.07) is 11.6. The summed E-state index contributed by atoms with van der Waals surface area (Å²) in [5, 5.41) is 10.9. The van der Waals surface area contributed by atoms with Crippen LogP contribution in [-0.4, -0.2) is 53.3 Å². The smallest absolute Gasteiger partial charge is 0.341 e. The van der Waals surface area contributed by atoms with Crippen LogP contribution in [0.25, 0.3) is 6.08 Å². The number of nitrogens with zero attached hydrogens (tertiary/aromatic N) is 1. The summed E-state index contributed by atoms with van der Waals surface area (Å²) >= 11 is 6.86. The number of aliphatic carboxylic acids is 1. The number of benzene rings is 2. The lowest BCUT2D eigenvalue weighted by molar-refractivity contribution is -0.139. The molecule has 9 nitrogen and oxygen atoms in total. The summed E-state index contributed by atoms with van der Waals surface area (Å²) in [4.78, 5) is 48.9. The summed E-state index contributed by atoms with van der Waals surface area (Å²) in [6.45, 7) is -1.04. The molecule has 0 unspecified atom stereocenters. The Bertz CT molecular complexity index is 1100. The summed E-state index contributed by atoms with van der Waals surface area (Å²) < 4.78 is 10.3. The van der Waals surface area contributed by atoms with Gasteiger partial charge in [0.2, 0.25) is 5.91 Å². The standard InChI is InChI=1S/C21H17ClN2O7S/c1-30-15-8-12(7-14(22)19(15)31-11-18(26)27)9-16-20(28)24(21(29)32-16)10-17(25)23-13-5-3-2-4-6-13/h2-9H,10-11H2,1H3,(H,23,25)(H,26,27)/b16-9-. The van der Waals surface area contributed by atoms with Gasteiger partial charge in [-0.2, -0.15) is 0 Å². The molecule has 2 aromatic rings. The summed E-state index contributed by atoms with van der Waals surface area (Å²) in [7, 11) is 1.35. The zero-order chi connectivity index (χ0) is 23.3. The van der Waals surface area contributed by atoms with Crippen molar-refractivity contribution in [2.24, 2.45) is 0 Å². The number of amides is 3. The number of carbonyl (C=O) groups excluding carboxylic acids is 3. The Morgan fingerprint density at radius 3 is 2.59 bits per heavy atom. The number of imide groups is 1.